The SMILES string of the molecule is CC(=O)Oc1ccc2c(c1)Oc1cc(OC(C)=O)ccc1C21OC(=O)c2cc(N3C(=O)C=CC3=O)ccc21. The van der Waals surface area contributed by atoms with Crippen LogP contribution in [0.2, 0.25) is 0 Å². The Bertz CT molecular complexity index is 1570. The summed E-state index contributed by atoms with van der Waals surface area (Å²) in [6.07, 6.45) is 2.31. The summed E-state index contributed by atoms with van der Waals surface area (Å²) >= 11 is 0. The van der Waals surface area contributed by atoms with E-state index in [0.29, 0.717) is 16.7 Å². The van der Waals surface area contributed by atoms with Gasteiger partial charge in [0.25, 0.3) is 11.8 Å². The van der Waals surface area contributed by atoms with Crippen molar-refractivity contribution in [1.82, 2.24) is 0 Å². The van der Waals surface area contributed by atoms with Crippen molar-refractivity contribution in [1.29, 1.82) is 0 Å². The van der Waals surface area contributed by atoms with E-state index in [0.717, 1.165) is 17.1 Å². The lowest BCUT2D eigenvalue weighted by Crippen LogP contribution is -2.33. The maximum atomic E-state index is 13.3. The molecule has 0 fully saturated rings. The molecule has 0 aliphatic carbocycles. The Morgan fingerprint density at radius 2 is 1.26 bits per heavy atom. The van der Waals surface area contributed by atoms with Gasteiger partial charge in [0.2, 0.25) is 0 Å². The van der Waals surface area contributed by atoms with Gasteiger partial charge in [-0.25, -0.2) is 9.69 Å². The fraction of sp³-hybridized carbons (Fsp3) is 0.107. The minimum atomic E-state index is -1.48. The number of nitrogens with zero attached hydrogens (tertiary/aromatic N) is 1. The molecule has 0 N–H and O–H groups in total. The highest BCUT2D eigenvalue weighted by molar-refractivity contribution is 6.28. The molecule has 2 amide bonds. The number of ether oxygens (including phenoxy) is 4. The molecule has 0 saturated heterocycles. The molecule has 3 aromatic rings. The van der Waals surface area contributed by atoms with Crippen LogP contribution in [0.1, 0.15) is 40.9 Å². The van der Waals surface area contributed by atoms with E-state index in [2.05, 4.69) is 0 Å². The number of fused-ring (bicyclic) bond motifs is 6. The molecular formula is C28H17NO9. The normalized spacial score (nSPS) is 15.9. The average Bonchev–Trinajstić information content (AvgIpc) is 3.34. The van der Waals surface area contributed by atoms with Crippen LogP contribution in [-0.2, 0) is 29.5 Å². The van der Waals surface area contributed by atoms with Crippen LogP contribution in [0.15, 0.2) is 66.7 Å². The van der Waals surface area contributed by atoms with Gasteiger partial charge in [-0.05, 0) is 36.4 Å². The zero-order valence-corrected chi connectivity index (χ0v) is 20.0. The Morgan fingerprint density at radius 3 is 1.79 bits per heavy atom. The first-order valence-corrected chi connectivity index (χ1v) is 11.4. The summed E-state index contributed by atoms with van der Waals surface area (Å²) in [5.41, 5.74) is 0.258. The Labute approximate surface area is 215 Å². The van der Waals surface area contributed by atoms with Gasteiger partial charge in [0.15, 0.2) is 5.60 Å². The van der Waals surface area contributed by atoms with Crippen LogP contribution in [0.5, 0.6) is 23.0 Å². The Hall–Kier alpha value is -5.25. The van der Waals surface area contributed by atoms with Gasteiger partial charge in [0.05, 0.1) is 11.3 Å². The summed E-state index contributed by atoms with van der Waals surface area (Å²) in [6.45, 7) is 2.53. The third-order valence-electron chi connectivity index (χ3n) is 6.32. The molecule has 0 unspecified atom stereocenters. The Kier molecular flexibility index (Phi) is 4.96. The molecule has 3 aliphatic heterocycles. The summed E-state index contributed by atoms with van der Waals surface area (Å²) < 4.78 is 22.6. The largest absolute Gasteiger partial charge is 0.456 e. The number of esters is 3. The molecule has 0 saturated carbocycles. The van der Waals surface area contributed by atoms with Gasteiger partial charge in [-0.3, -0.25) is 19.2 Å². The second kappa shape index (κ2) is 8.13. The van der Waals surface area contributed by atoms with Gasteiger partial charge < -0.3 is 18.9 Å². The molecule has 0 aromatic heterocycles. The van der Waals surface area contributed by atoms with Crippen LogP contribution in [-0.4, -0.2) is 29.7 Å². The van der Waals surface area contributed by atoms with Gasteiger partial charge in [-0.2, -0.15) is 0 Å². The molecule has 0 atom stereocenters. The average molecular weight is 511 g/mol. The molecule has 3 heterocycles. The number of benzene rings is 3. The van der Waals surface area contributed by atoms with E-state index in [1.165, 1.54) is 32.0 Å². The number of carbonyl (C=O) groups is 5. The van der Waals surface area contributed by atoms with Crippen molar-refractivity contribution in [2.24, 2.45) is 0 Å². The fourth-order valence-corrected chi connectivity index (χ4v) is 4.93. The molecule has 38 heavy (non-hydrogen) atoms. The Balaban J connectivity index is 1.56. The van der Waals surface area contributed by atoms with E-state index < -0.39 is 35.3 Å². The van der Waals surface area contributed by atoms with E-state index >= 15 is 0 Å². The highest BCUT2D eigenvalue weighted by Gasteiger charge is 2.54. The van der Waals surface area contributed by atoms with E-state index in [-0.39, 0.29) is 34.2 Å². The highest BCUT2D eigenvalue weighted by atomic mass is 16.6. The lowest BCUT2D eigenvalue weighted by atomic mass is 9.77. The molecule has 188 valence electrons. The number of anilines is 1. The maximum absolute atomic E-state index is 13.3. The van der Waals surface area contributed by atoms with Crippen LogP contribution in [0.4, 0.5) is 5.69 Å². The number of hydrogen-bond donors (Lipinski definition) is 0. The van der Waals surface area contributed by atoms with Crippen LogP contribution in [0.25, 0.3) is 0 Å². The predicted molar refractivity (Wildman–Crippen MR) is 129 cm³/mol. The summed E-state index contributed by atoms with van der Waals surface area (Å²) in [7, 11) is 0. The minimum Gasteiger partial charge on any atom is -0.456 e. The summed E-state index contributed by atoms with van der Waals surface area (Å²) in [5, 5.41) is 0. The van der Waals surface area contributed by atoms with E-state index in [1.807, 2.05) is 0 Å². The van der Waals surface area contributed by atoms with E-state index in [1.54, 1.807) is 36.4 Å². The van der Waals surface area contributed by atoms with Crippen molar-refractivity contribution in [3.63, 3.8) is 0 Å². The van der Waals surface area contributed by atoms with Crippen molar-refractivity contribution in [3.05, 3.63) is 89.0 Å². The van der Waals surface area contributed by atoms with Gasteiger partial charge in [0.1, 0.15) is 23.0 Å². The highest BCUT2D eigenvalue weighted by Crippen LogP contribution is 2.57. The first kappa shape index (κ1) is 23.2. The van der Waals surface area contributed by atoms with Crippen molar-refractivity contribution in [2.75, 3.05) is 4.90 Å². The molecular weight excluding hydrogens is 494 g/mol. The number of imide groups is 1. The van der Waals surface area contributed by atoms with Crippen molar-refractivity contribution in [3.8, 4) is 23.0 Å². The number of rotatable bonds is 3. The topological polar surface area (TPSA) is 126 Å². The van der Waals surface area contributed by atoms with E-state index in [4.69, 9.17) is 18.9 Å². The smallest absolute Gasteiger partial charge is 0.340 e. The second-order valence-electron chi connectivity index (χ2n) is 8.75. The molecule has 3 aliphatic rings. The zero-order chi connectivity index (χ0) is 26.8. The van der Waals surface area contributed by atoms with Crippen molar-refractivity contribution >= 4 is 35.4 Å². The van der Waals surface area contributed by atoms with Crippen LogP contribution >= 0.6 is 0 Å². The number of amides is 2. The number of carbonyl (C=O) groups excluding carboxylic acids is 5. The zero-order valence-electron chi connectivity index (χ0n) is 20.0. The molecule has 0 bridgehead atoms. The van der Waals surface area contributed by atoms with Crippen LogP contribution in [0.3, 0.4) is 0 Å². The maximum Gasteiger partial charge on any atom is 0.340 e. The number of hydrogen-bond acceptors (Lipinski definition) is 9. The van der Waals surface area contributed by atoms with Crippen LogP contribution < -0.4 is 19.1 Å². The lowest BCUT2D eigenvalue weighted by molar-refractivity contribution is -0.132. The van der Waals surface area contributed by atoms with Crippen molar-refractivity contribution in [2.45, 2.75) is 19.4 Å². The third kappa shape index (κ3) is 3.38. The van der Waals surface area contributed by atoms with Gasteiger partial charge in [-0.15, -0.1) is 0 Å². The van der Waals surface area contributed by atoms with E-state index in [9.17, 15) is 24.0 Å². The standard InChI is InChI=1S/C28H17NO9/c1-14(30)35-17-4-7-21-23(12-17)37-24-13-18(36-15(2)31)5-8-22(24)28(21)20-6-3-16(11-19(20)27(34)38-28)29-25(32)9-10-26(29)33/h3-13H,1-2H3. The quantitative estimate of drug-likeness (QED) is 0.295. The summed E-state index contributed by atoms with van der Waals surface area (Å²) in [4.78, 5) is 61.8. The molecule has 10 nitrogen and oxygen atoms in total. The third-order valence-corrected chi connectivity index (χ3v) is 6.32. The van der Waals surface area contributed by atoms with Crippen LogP contribution in [0, 0.1) is 0 Å². The first-order valence-electron chi connectivity index (χ1n) is 11.4. The first-order chi connectivity index (χ1) is 18.2. The van der Waals surface area contributed by atoms with Gasteiger partial charge in [0, 0.05) is 54.8 Å². The lowest BCUT2D eigenvalue weighted by Gasteiger charge is -2.36. The summed E-state index contributed by atoms with van der Waals surface area (Å²) in [6, 6.07) is 14.0. The molecule has 0 radical (unpaired) electrons. The molecule has 1 spiro atoms. The van der Waals surface area contributed by atoms with Crippen molar-refractivity contribution < 1.29 is 42.9 Å². The Morgan fingerprint density at radius 1 is 0.737 bits per heavy atom. The molecule has 10 heteroatoms. The molecule has 6 rings (SSSR count). The van der Waals surface area contributed by atoms with Gasteiger partial charge >= 0.3 is 17.9 Å². The monoisotopic (exact) mass is 511 g/mol. The molecule has 3 aromatic carbocycles. The summed E-state index contributed by atoms with van der Waals surface area (Å²) in [5.74, 6) is -1.86. The predicted octanol–water partition coefficient (Wildman–Crippen LogP) is 3.53. The van der Waals surface area contributed by atoms with Gasteiger partial charge in [-0.1, -0.05) is 6.07 Å². The second-order valence-corrected chi connectivity index (χ2v) is 8.75. The fourth-order valence-electron chi connectivity index (χ4n) is 4.93. The minimum absolute atomic E-state index is 0.155.